The molecule has 0 fully saturated rings. The molecular formula is C29H48N6O4. The number of hydrogen-bond donors (Lipinski definition) is 4. The number of hydrogen-bond acceptors (Lipinski definition) is 5. The Kier molecular flexibility index (Phi) is 23.5. The Morgan fingerprint density at radius 1 is 0.872 bits per heavy atom. The number of carbonyl (C=O) groups is 2. The van der Waals surface area contributed by atoms with E-state index in [4.69, 9.17) is 20.6 Å². The van der Waals surface area contributed by atoms with E-state index in [9.17, 15) is 9.59 Å². The van der Waals surface area contributed by atoms with Crippen molar-refractivity contribution in [3.05, 3.63) is 60.8 Å². The van der Waals surface area contributed by atoms with Gasteiger partial charge in [-0.1, -0.05) is 67.7 Å². The normalized spacial score (nSPS) is 12.3. The lowest BCUT2D eigenvalue weighted by atomic mass is 10.2. The summed E-state index contributed by atoms with van der Waals surface area (Å²) >= 11 is 0. The van der Waals surface area contributed by atoms with Crippen LogP contribution in [-0.4, -0.2) is 69.3 Å². The van der Waals surface area contributed by atoms with Gasteiger partial charge in [-0.2, -0.15) is 4.99 Å². The summed E-state index contributed by atoms with van der Waals surface area (Å²) in [6, 6.07) is 0. The Hall–Kier alpha value is -3.66. The number of carbonyl (C=O) groups excluding carboxylic acids is 2. The first-order valence-electron chi connectivity index (χ1n) is 13.5. The summed E-state index contributed by atoms with van der Waals surface area (Å²) in [5.41, 5.74) is 5.51. The molecule has 0 spiro atoms. The predicted molar refractivity (Wildman–Crippen MR) is 160 cm³/mol. The highest BCUT2D eigenvalue weighted by Crippen LogP contribution is 1.99. The van der Waals surface area contributed by atoms with Gasteiger partial charge in [-0.3, -0.25) is 15.5 Å². The Morgan fingerprint density at radius 3 is 2.00 bits per heavy atom. The molecule has 10 heteroatoms. The number of nitrogens with two attached hydrogens (primary N) is 1. The summed E-state index contributed by atoms with van der Waals surface area (Å²) in [7, 11) is 3.26. The zero-order valence-electron chi connectivity index (χ0n) is 23.9. The van der Waals surface area contributed by atoms with Gasteiger partial charge < -0.3 is 25.4 Å². The fourth-order valence-corrected chi connectivity index (χ4v) is 2.78. The van der Waals surface area contributed by atoms with Crippen LogP contribution in [0.5, 0.6) is 0 Å². The topological polar surface area (TPSA) is 142 Å². The van der Waals surface area contributed by atoms with Gasteiger partial charge in [-0.05, 0) is 44.9 Å². The Balaban J connectivity index is 3.63. The zero-order chi connectivity index (χ0) is 29.0. The number of allylic oxidation sites excluding steroid dienone is 10. The number of nitrogens with one attached hydrogen (secondary N) is 3. The maximum Gasteiger partial charge on any atom is 0.414 e. The maximum atomic E-state index is 11.9. The van der Waals surface area contributed by atoms with Crippen LogP contribution in [0.4, 0.5) is 4.79 Å². The molecule has 0 aromatic rings. The number of ether oxygens (including phenoxy) is 2. The lowest BCUT2D eigenvalue weighted by molar-refractivity contribution is -0.121. The molecule has 0 aliphatic carbocycles. The van der Waals surface area contributed by atoms with Crippen LogP contribution in [0.1, 0.15) is 58.3 Å². The average Bonchev–Trinajstić information content (AvgIpc) is 2.89. The molecule has 5 N–H and O–H groups in total. The third kappa shape index (κ3) is 25.8. The third-order valence-corrected chi connectivity index (χ3v) is 4.84. The largest absolute Gasteiger partial charge is 0.447 e. The summed E-state index contributed by atoms with van der Waals surface area (Å²) in [6.45, 7) is 3.04. The van der Waals surface area contributed by atoms with E-state index in [0.717, 1.165) is 44.9 Å². The van der Waals surface area contributed by atoms with Gasteiger partial charge in [0.15, 0.2) is 0 Å². The van der Waals surface area contributed by atoms with Crippen molar-refractivity contribution in [3.63, 3.8) is 0 Å². The van der Waals surface area contributed by atoms with E-state index < -0.39 is 6.09 Å². The van der Waals surface area contributed by atoms with Gasteiger partial charge in [0, 0.05) is 27.1 Å². The molecule has 0 aliphatic rings. The molecular weight excluding hydrogens is 496 g/mol. The first-order chi connectivity index (χ1) is 18.9. The second kappa shape index (κ2) is 26.0. The van der Waals surface area contributed by atoms with Crippen LogP contribution >= 0.6 is 0 Å². The highest BCUT2D eigenvalue weighted by molar-refractivity contribution is 5.99. The van der Waals surface area contributed by atoms with Gasteiger partial charge in [-0.15, -0.1) is 0 Å². The quantitative estimate of drug-likeness (QED) is 0.0812. The number of guanidine groups is 2. The highest BCUT2D eigenvalue weighted by Gasteiger charge is 2.06. The van der Waals surface area contributed by atoms with Gasteiger partial charge in [0.05, 0.1) is 13.2 Å². The molecule has 0 saturated heterocycles. The average molecular weight is 545 g/mol. The number of nitrogens with zero attached hydrogens (tertiary/aromatic N) is 2. The van der Waals surface area contributed by atoms with Crippen LogP contribution in [-0.2, 0) is 14.3 Å². The minimum absolute atomic E-state index is 0.0142. The van der Waals surface area contributed by atoms with Crippen LogP contribution in [0.3, 0.4) is 0 Å². The summed E-state index contributed by atoms with van der Waals surface area (Å²) in [4.78, 5) is 28.5. The van der Waals surface area contributed by atoms with Crippen LogP contribution in [0, 0.1) is 5.41 Å². The second-order valence-electron chi connectivity index (χ2n) is 8.54. The zero-order valence-corrected chi connectivity index (χ0v) is 23.9. The molecule has 0 bridgehead atoms. The van der Waals surface area contributed by atoms with Crippen molar-refractivity contribution < 1.29 is 19.1 Å². The molecule has 0 aromatic heterocycles. The number of alkyl carbamates (subject to hydrolysis) is 1. The fraction of sp³-hybridized carbons (Fsp3) is 0.517. The second-order valence-corrected chi connectivity index (χ2v) is 8.54. The molecule has 218 valence electrons. The lowest BCUT2D eigenvalue weighted by Gasteiger charge is -2.10. The first kappa shape index (κ1) is 35.3. The molecule has 0 rings (SSSR count). The molecule has 0 heterocycles. The van der Waals surface area contributed by atoms with E-state index in [1.54, 1.807) is 14.1 Å². The van der Waals surface area contributed by atoms with E-state index in [0.29, 0.717) is 19.6 Å². The number of rotatable bonds is 19. The molecule has 0 saturated carbocycles. The van der Waals surface area contributed by atoms with Gasteiger partial charge in [0.2, 0.25) is 17.8 Å². The van der Waals surface area contributed by atoms with Crippen molar-refractivity contribution in [3.8, 4) is 0 Å². The van der Waals surface area contributed by atoms with Gasteiger partial charge in [0.1, 0.15) is 6.61 Å². The lowest BCUT2D eigenvalue weighted by Crippen LogP contribution is -2.39. The van der Waals surface area contributed by atoms with Crippen molar-refractivity contribution >= 4 is 23.9 Å². The summed E-state index contributed by atoms with van der Waals surface area (Å²) in [5.74, 6) is -0.351. The van der Waals surface area contributed by atoms with E-state index in [1.165, 1.54) is 4.90 Å². The molecule has 0 radical (unpaired) electrons. The van der Waals surface area contributed by atoms with E-state index in [-0.39, 0.29) is 31.0 Å². The van der Waals surface area contributed by atoms with E-state index >= 15 is 0 Å². The number of amides is 2. The fourth-order valence-electron chi connectivity index (χ4n) is 2.78. The van der Waals surface area contributed by atoms with Crippen LogP contribution in [0.2, 0.25) is 0 Å². The molecule has 0 aliphatic heterocycles. The van der Waals surface area contributed by atoms with Crippen LogP contribution in [0.25, 0.3) is 0 Å². The summed E-state index contributed by atoms with van der Waals surface area (Å²) in [5, 5.41) is 12.5. The van der Waals surface area contributed by atoms with Crippen LogP contribution in [0.15, 0.2) is 65.8 Å². The molecule has 0 aromatic carbocycles. The Labute approximate surface area is 234 Å². The Morgan fingerprint density at radius 2 is 1.44 bits per heavy atom. The minimum Gasteiger partial charge on any atom is -0.447 e. The monoisotopic (exact) mass is 544 g/mol. The van der Waals surface area contributed by atoms with E-state index in [2.05, 4.69) is 83.3 Å². The van der Waals surface area contributed by atoms with Gasteiger partial charge in [-0.25, -0.2) is 4.79 Å². The van der Waals surface area contributed by atoms with Crippen molar-refractivity contribution in [1.82, 2.24) is 15.5 Å². The third-order valence-electron chi connectivity index (χ3n) is 4.84. The summed E-state index contributed by atoms with van der Waals surface area (Å²) < 4.78 is 10.2. The molecule has 2 amide bonds. The first-order valence-corrected chi connectivity index (χ1v) is 13.5. The van der Waals surface area contributed by atoms with Crippen LogP contribution < -0.4 is 16.4 Å². The van der Waals surface area contributed by atoms with Gasteiger partial charge >= 0.3 is 6.09 Å². The smallest absolute Gasteiger partial charge is 0.414 e. The van der Waals surface area contributed by atoms with Crippen molar-refractivity contribution in [2.75, 3.05) is 40.5 Å². The summed E-state index contributed by atoms with van der Waals surface area (Å²) in [6.07, 6.45) is 27.9. The molecule has 39 heavy (non-hydrogen) atoms. The standard InChI is InChI=1S/C29H48N6O4/c1-4-5-6-7-8-9-10-11-12-13-14-15-16-17-18-19-20-21-26(36)32-22-23-38-24-25-39-29(37)34-27(30)33-28(31)35(2)3/h5-6,8-9,11-12,14-15,17-18H,4,7,10,13,16,19-25H2,1-3H3,(H,32,36)(H4,30,31,33,34,37)/b6-5-,9-8-,12-11-,15-14-,18-17-. The molecule has 10 nitrogen and oxygen atoms in total. The SMILES string of the molecule is CC/C=C\C/C=C\C/C=C\C/C=C\C/C=C\CCCC(=O)NCCOCCOC(=O)N/C(N)=N/C(=N)N(C)C. The van der Waals surface area contributed by atoms with Crippen molar-refractivity contribution in [2.45, 2.75) is 58.3 Å². The maximum absolute atomic E-state index is 11.9. The van der Waals surface area contributed by atoms with Crippen molar-refractivity contribution in [2.24, 2.45) is 10.7 Å². The number of aliphatic imine (C=N–C) groups is 1. The minimum atomic E-state index is -0.785. The highest BCUT2D eigenvalue weighted by atomic mass is 16.6. The van der Waals surface area contributed by atoms with Gasteiger partial charge in [0.25, 0.3) is 0 Å². The molecule has 0 unspecified atom stereocenters. The Bertz CT molecular complexity index is 860. The van der Waals surface area contributed by atoms with Crippen molar-refractivity contribution in [1.29, 1.82) is 5.41 Å². The van der Waals surface area contributed by atoms with E-state index in [1.807, 2.05) is 0 Å². The molecule has 0 atom stereocenters. The number of unbranched alkanes of at least 4 members (excludes halogenated alkanes) is 1. The predicted octanol–water partition coefficient (Wildman–Crippen LogP) is 4.58.